The lowest BCUT2D eigenvalue weighted by Crippen LogP contribution is -2.43. The first-order chi connectivity index (χ1) is 12.6. The van der Waals surface area contributed by atoms with Crippen LogP contribution in [0.2, 0.25) is 0 Å². The van der Waals surface area contributed by atoms with Gasteiger partial charge in [-0.25, -0.2) is 0 Å². The molecular formula is C21H24O4S. The van der Waals surface area contributed by atoms with Gasteiger partial charge in [-0.2, -0.15) is 0 Å². The van der Waals surface area contributed by atoms with Gasteiger partial charge in [0.15, 0.2) is 0 Å². The van der Waals surface area contributed by atoms with Crippen molar-refractivity contribution < 1.29 is 18.8 Å². The molecule has 0 bridgehead atoms. The fourth-order valence-electron chi connectivity index (χ4n) is 2.71. The second-order valence-corrected chi connectivity index (χ2v) is 8.03. The summed E-state index contributed by atoms with van der Waals surface area (Å²) in [5.74, 6) is 1.03. The zero-order chi connectivity index (χ0) is 18.4. The van der Waals surface area contributed by atoms with E-state index in [1.807, 2.05) is 67.6 Å². The molecule has 0 spiro atoms. The van der Waals surface area contributed by atoms with Gasteiger partial charge in [-0.05, 0) is 30.7 Å². The molecule has 0 saturated carbocycles. The van der Waals surface area contributed by atoms with E-state index >= 15 is 0 Å². The molecule has 0 aromatic heterocycles. The lowest BCUT2D eigenvalue weighted by atomic mass is 9.99. The van der Waals surface area contributed by atoms with Crippen LogP contribution in [0.4, 0.5) is 0 Å². The molecule has 0 saturated heterocycles. The van der Waals surface area contributed by atoms with E-state index in [4.69, 9.17) is 9.47 Å². The van der Waals surface area contributed by atoms with Gasteiger partial charge in [0.05, 0.1) is 29.8 Å². The standard InChI is InChI=1S/C21H24O4S/c1-17-7-9-20(10-8-17)26(23)14-19-11-12-21(15-22,16-24-19)25-13-18-5-3-2-4-6-18/h2-11,22H,12-16H2,1H3/t21-,26?/m1/s1. The number of aliphatic hydroxyl groups excluding tert-OH is 1. The highest BCUT2D eigenvalue weighted by molar-refractivity contribution is 7.85. The number of rotatable bonds is 7. The number of ether oxygens (including phenoxy) is 2. The van der Waals surface area contributed by atoms with Crippen molar-refractivity contribution in [3.05, 3.63) is 77.6 Å². The van der Waals surface area contributed by atoms with Crippen molar-refractivity contribution in [3.8, 4) is 0 Å². The van der Waals surface area contributed by atoms with E-state index in [-0.39, 0.29) is 13.2 Å². The Bertz CT molecular complexity index is 770. The van der Waals surface area contributed by atoms with Crippen molar-refractivity contribution in [2.24, 2.45) is 0 Å². The molecule has 2 aromatic carbocycles. The molecule has 3 rings (SSSR count). The van der Waals surface area contributed by atoms with E-state index in [2.05, 4.69) is 0 Å². The minimum atomic E-state index is -1.15. The predicted octanol–water partition coefficient (Wildman–Crippen LogP) is 3.35. The summed E-state index contributed by atoms with van der Waals surface area (Å²) >= 11 is 0. The van der Waals surface area contributed by atoms with Gasteiger partial charge in [-0.3, -0.25) is 4.21 Å². The Morgan fingerprint density at radius 2 is 1.88 bits per heavy atom. The Morgan fingerprint density at radius 3 is 2.50 bits per heavy atom. The van der Waals surface area contributed by atoms with Crippen LogP contribution in [0.1, 0.15) is 17.5 Å². The summed E-state index contributed by atoms with van der Waals surface area (Å²) in [6.45, 7) is 2.56. The summed E-state index contributed by atoms with van der Waals surface area (Å²) in [6, 6.07) is 17.5. The van der Waals surface area contributed by atoms with E-state index in [9.17, 15) is 9.32 Å². The van der Waals surface area contributed by atoms with E-state index in [0.717, 1.165) is 16.0 Å². The smallest absolute Gasteiger partial charge is 0.129 e. The topological polar surface area (TPSA) is 55.8 Å². The van der Waals surface area contributed by atoms with Crippen molar-refractivity contribution in [2.75, 3.05) is 19.0 Å². The highest BCUT2D eigenvalue weighted by Gasteiger charge is 2.34. The molecule has 1 aliphatic heterocycles. The van der Waals surface area contributed by atoms with Crippen LogP contribution in [0.15, 0.2) is 71.3 Å². The Hall–Kier alpha value is -1.95. The molecule has 26 heavy (non-hydrogen) atoms. The quantitative estimate of drug-likeness (QED) is 0.810. The minimum absolute atomic E-state index is 0.120. The van der Waals surface area contributed by atoms with Crippen LogP contribution in [0.3, 0.4) is 0 Å². The number of benzene rings is 2. The maximum absolute atomic E-state index is 12.5. The van der Waals surface area contributed by atoms with E-state index < -0.39 is 16.4 Å². The molecule has 2 atom stereocenters. The molecular weight excluding hydrogens is 348 g/mol. The van der Waals surface area contributed by atoms with E-state index in [1.54, 1.807) is 0 Å². The Morgan fingerprint density at radius 1 is 1.15 bits per heavy atom. The van der Waals surface area contributed by atoms with Gasteiger partial charge < -0.3 is 14.6 Å². The second kappa shape index (κ2) is 8.62. The predicted molar refractivity (Wildman–Crippen MR) is 102 cm³/mol. The lowest BCUT2D eigenvalue weighted by Gasteiger charge is -2.34. The number of hydrogen-bond acceptors (Lipinski definition) is 4. The average molecular weight is 372 g/mol. The summed E-state index contributed by atoms with van der Waals surface area (Å²) in [5, 5.41) is 9.80. The summed E-state index contributed by atoms with van der Waals surface area (Å²) in [5.41, 5.74) is 1.45. The second-order valence-electron chi connectivity index (χ2n) is 6.58. The number of hydrogen-bond donors (Lipinski definition) is 1. The maximum Gasteiger partial charge on any atom is 0.129 e. The third kappa shape index (κ3) is 4.81. The van der Waals surface area contributed by atoms with Crippen molar-refractivity contribution >= 4 is 10.8 Å². The third-order valence-corrected chi connectivity index (χ3v) is 5.80. The Balaban J connectivity index is 1.58. The van der Waals surface area contributed by atoms with Crippen molar-refractivity contribution in [1.82, 2.24) is 0 Å². The molecule has 1 N–H and O–H groups in total. The summed E-state index contributed by atoms with van der Waals surface area (Å²) in [7, 11) is -1.15. The zero-order valence-electron chi connectivity index (χ0n) is 14.9. The molecule has 4 nitrogen and oxygen atoms in total. The van der Waals surface area contributed by atoms with Crippen molar-refractivity contribution in [3.63, 3.8) is 0 Å². The molecule has 2 aromatic rings. The van der Waals surface area contributed by atoms with Gasteiger partial charge in [0.2, 0.25) is 0 Å². The monoisotopic (exact) mass is 372 g/mol. The normalized spacial score (nSPS) is 20.9. The zero-order valence-corrected chi connectivity index (χ0v) is 15.7. The van der Waals surface area contributed by atoms with Crippen LogP contribution in [0.25, 0.3) is 0 Å². The molecule has 1 aliphatic rings. The fourth-order valence-corrected chi connectivity index (χ4v) is 3.78. The SMILES string of the molecule is Cc1ccc(S(=O)CC2=CC[C@](CO)(OCc3ccccc3)CO2)cc1. The summed E-state index contributed by atoms with van der Waals surface area (Å²) in [4.78, 5) is 0.791. The van der Waals surface area contributed by atoms with E-state index in [1.165, 1.54) is 0 Å². The molecule has 0 radical (unpaired) electrons. The molecule has 1 heterocycles. The van der Waals surface area contributed by atoms with Crippen LogP contribution < -0.4 is 0 Å². The Labute approximate surface area is 156 Å². The van der Waals surface area contributed by atoms with Gasteiger partial charge in [-0.15, -0.1) is 0 Å². The maximum atomic E-state index is 12.5. The van der Waals surface area contributed by atoms with Crippen LogP contribution in [-0.4, -0.2) is 33.9 Å². The first kappa shape index (κ1) is 18.8. The van der Waals surface area contributed by atoms with Gasteiger partial charge in [0.25, 0.3) is 0 Å². The summed E-state index contributed by atoms with van der Waals surface area (Å²) < 4.78 is 24.2. The molecule has 0 amide bonds. The van der Waals surface area contributed by atoms with Crippen LogP contribution in [0.5, 0.6) is 0 Å². The van der Waals surface area contributed by atoms with Crippen LogP contribution in [0, 0.1) is 6.92 Å². The minimum Gasteiger partial charge on any atom is -0.494 e. The third-order valence-electron chi connectivity index (χ3n) is 4.46. The van der Waals surface area contributed by atoms with Crippen LogP contribution >= 0.6 is 0 Å². The molecule has 0 aliphatic carbocycles. The molecule has 1 unspecified atom stereocenters. The summed E-state index contributed by atoms with van der Waals surface area (Å²) in [6.07, 6.45) is 2.42. The van der Waals surface area contributed by atoms with Gasteiger partial charge in [0, 0.05) is 11.3 Å². The van der Waals surface area contributed by atoms with Gasteiger partial charge >= 0.3 is 0 Å². The van der Waals surface area contributed by atoms with Crippen molar-refractivity contribution in [2.45, 2.75) is 30.4 Å². The largest absolute Gasteiger partial charge is 0.494 e. The number of aryl methyl sites for hydroxylation is 1. The highest BCUT2D eigenvalue weighted by Crippen LogP contribution is 2.27. The molecule has 5 heteroatoms. The average Bonchev–Trinajstić information content (AvgIpc) is 2.69. The highest BCUT2D eigenvalue weighted by atomic mass is 32.2. The molecule has 138 valence electrons. The van der Waals surface area contributed by atoms with Gasteiger partial charge in [0.1, 0.15) is 18.0 Å². The van der Waals surface area contributed by atoms with Crippen LogP contribution in [-0.2, 0) is 26.9 Å². The van der Waals surface area contributed by atoms with E-state index in [0.29, 0.717) is 24.5 Å². The lowest BCUT2D eigenvalue weighted by molar-refractivity contribution is -0.127. The molecule has 0 fully saturated rings. The first-order valence-electron chi connectivity index (χ1n) is 8.66. The Kier molecular flexibility index (Phi) is 6.25. The van der Waals surface area contributed by atoms with Gasteiger partial charge in [-0.1, -0.05) is 48.0 Å². The fraction of sp³-hybridized carbons (Fsp3) is 0.333. The number of aliphatic hydroxyl groups is 1. The first-order valence-corrected chi connectivity index (χ1v) is 9.98. The van der Waals surface area contributed by atoms with Crippen molar-refractivity contribution in [1.29, 1.82) is 0 Å².